The highest BCUT2D eigenvalue weighted by Crippen LogP contribution is 2.09. The molecule has 1 rings (SSSR count). The van der Waals surface area contributed by atoms with E-state index in [2.05, 4.69) is 0 Å². The van der Waals surface area contributed by atoms with Crippen LogP contribution in [0.2, 0.25) is 0 Å². The van der Waals surface area contributed by atoms with E-state index in [-0.39, 0.29) is 11.5 Å². The summed E-state index contributed by atoms with van der Waals surface area (Å²) in [5, 5.41) is 0. The molecule has 0 radical (unpaired) electrons. The number of anilines is 1. The predicted molar refractivity (Wildman–Crippen MR) is 58.5 cm³/mol. The lowest BCUT2D eigenvalue weighted by molar-refractivity contribution is -0.114. The minimum Gasteiger partial charge on any atom is -0.396 e. The van der Waals surface area contributed by atoms with E-state index in [1.54, 1.807) is 0 Å². The van der Waals surface area contributed by atoms with Gasteiger partial charge in [-0.1, -0.05) is 13.8 Å². The number of hydrogen-bond donors (Lipinski definition) is 1. The third kappa shape index (κ3) is 10.5. The molecule has 0 amide bonds. The first-order valence-electron chi connectivity index (χ1n) is 4.61. The van der Waals surface area contributed by atoms with Crippen molar-refractivity contribution in [3.8, 4) is 0 Å². The van der Waals surface area contributed by atoms with Gasteiger partial charge in [0.05, 0.1) is 5.69 Å². The van der Waals surface area contributed by atoms with Crippen molar-refractivity contribution in [3.05, 3.63) is 29.8 Å². The van der Waals surface area contributed by atoms with Gasteiger partial charge in [0.2, 0.25) is 0 Å². The number of nitrogen functional groups attached to an aromatic ring is 1. The SMILES string of the molecule is CC.CC(C)=O.Nc1ccc(F)cc1F. The van der Waals surface area contributed by atoms with Crippen LogP contribution in [-0.2, 0) is 4.79 Å². The summed E-state index contributed by atoms with van der Waals surface area (Å²) in [5.41, 5.74) is 5.02. The first kappa shape index (κ1) is 16.0. The summed E-state index contributed by atoms with van der Waals surface area (Å²) in [6.45, 7) is 7.06. The number of Topliss-reactive ketones (excluding diaryl/α,β-unsaturated/α-hetero) is 1. The Hall–Kier alpha value is -1.45. The van der Waals surface area contributed by atoms with E-state index in [1.165, 1.54) is 19.9 Å². The van der Waals surface area contributed by atoms with Crippen LogP contribution in [0.15, 0.2) is 18.2 Å². The summed E-state index contributed by atoms with van der Waals surface area (Å²) in [4.78, 5) is 9.44. The van der Waals surface area contributed by atoms with E-state index in [9.17, 15) is 13.6 Å². The molecule has 0 spiro atoms. The van der Waals surface area contributed by atoms with Gasteiger partial charge in [-0.3, -0.25) is 0 Å². The molecule has 1 aromatic rings. The number of rotatable bonds is 0. The molecule has 0 atom stereocenters. The third-order valence-electron chi connectivity index (χ3n) is 0.962. The Bertz CT molecular complexity index is 297. The van der Waals surface area contributed by atoms with Crippen molar-refractivity contribution in [2.24, 2.45) is 0 Å². The standard InChI is InChI=1S/C6H5F2N.C3H6O.C2H6/c7-4-1-2-6(9)5(8)3-4;1-3(2)4;1-2/h1-3H,9H2;1-2H3;1-2H3. The molecular weight excluding hydrogens is 200 g/mol. The zero-order valence-electron chi connectivity index (χ0n) is 9.47. The number of ketones is 1. The fourth-order valence-electron chi connectivity index (χ4n) is 0.502. The Balaban J connectivity index is 0. The average Bonchev–Trinajstić information content (AvgIpc) is 2.14. The summed E-state index contributed by atoms with van der Waals surface area (Å²) in [6, 6.07) is 3.04. The van der Waals surface area contributed by atoms with Gasteiger partial charge in [-0.2, -0.15) is 0 Å². The van der Waals surface area contributed by atoms with Crippen LogP contribution in [-0.4, -0.2) is 5.78 Å². The lowest BCUT2D eigenvalue weighted by atomic mass is 10.3. The molecule has 15 heavy (non-hydrogen) atoms. The van der Waals surface area contributed by atoms with Crippen molar-refractivity contribution in [3.63, 3.8) is 0 Å². The molecule has 0 bridgehead atoms. The van der Waals surface area contributed by atoms with Gasteiger partial charge in [-0.25, -0.2) is 8.78 Å². The Morgan fingerprint density at radius 1 is 1.20 bits per heavy atom. The van der Waals surface area contributed by atoms with Gasteiger partial charge in [-0.15, -0.1) is 0 Å². The molecule has 1 aromatic carbocycles. The lowest BCUT2D eigenvalue weighted by Gasteiger charge is -1.92. The number of hydrogen-bond acceptors (Lipinski definition) is 2. The average molecular weight is 217 g/mol. The van der Waals surface area contributed by atoms with Crippen molar-refractivity contribution in [1.82, 2.24) is 0 Å². The smallest absolute Gasteiger partial charge is 0.148 e. The molecule has 0 aliphatic rings. The molecule has 86 valence electrons. The molecule has 2 nitrogen and oxygen atoms in total. The van der Waals surface area contributed by atoms with Crippen molar-refractivity contribution in [1.29, 1.82) is 0 Å². The van der Waals surface area contributed by atoms with Crippen molar-refractivity contribution < 1.29 is 13.6 Å². The zero-order valence-corrected chi connectivity index (χ0v) is 9.47. The predicted octanol–water partition coefficient (Wildman–Crippen LogP) is 3.17. The molecule has 0 aliphatic carbocycles. The van der Waals surface area contributed by atoms with Crippen LogP contribution in [0.25, 0.3) is 0 Å². The van der Waals surface area contributed by atoms with Crippen LogP contribution in [0.1, 0.15) is 27.7 Å². The Kier molecular flexibility index (Phi) is 9.73. The number of nitrogens with two attached hydrogens (primary N) is 1. The third-order valence-corrected chi connectivity index (χ3v) is 0.962. The molecule has 0 unspecified atom stereocenters. The maximum Gasteiger partial charge on any atom is 0.148 e. The minimum absolute atomic E-state index is 0.0311. The van der Waals surface area contributed by atoms with Crippen molar-refractivity contribution >= 4 is 11.5 Å². The van der Waals surface area contributed by atoms with Crippen LogP contribution in [0.5, 0.6) is 0 Å². The molecule has 0 fully saturated rings. The maximum atomic E-state index is 12.2. The summed E-state index contributed by atoms with van der Waals surface area (Å²) in [7, 11) is 0. The van der Waals surface area contributed by atoms with E-state index >= 15 is 0 Å². The number of carbonyl (C=O) groups excluding carboxylic acids is 1. The summed E-state index contributed by atoms with van der Waals surface area (Å²) in [5.74, 6) is -1.16. The molecule has 4 heteroatoms. The van der Waals surface area contributed by atoms with E-state index in [1.807, 2.05) is 13.8 Å². The zero-order chi connectivity index (χ0) is 12.4. The van der Waals surface area contributed by atoms with Crippen LogP contribution in [0.4, 0.5) is 14.5 Å². The highest BCUT2D eigenvalue weighted by Gasteiger charge is 1.96. The number of halogens is 2. The van der Waals surface area contributed by atoms with Crippen molar-refractivity contribution in [2.75, 3.05) is 5.73 Å². The van der Waals surface area contributed by atoms with Gasteiger partial charge in [0, 0.05) is 6.07 Å². The quantitative estimate of drug-likeness (QED) is 0.678. The molecule has 0 saturated heterocycles. The normalized spacial score (nSPS) is 7.87. The summed E-state index contributed by atoms with van der Waals surface area (Å²) < 4.78 is 24.3. The van der Waals surface area contributed by atoms with Gasteiger partial charge in [-0.05, 0) is 26.0 Å². The van der Waals surface area contributed by atoms with Crippen LogP contribution in [0.3, 0.4) is 0 Å². The molecule has 0 aliphatic heterocycles. The van der Waals surface area contributed by atoms with Gasteiger partial charge in [0.25, 0.3) is 0 Å². The Morgan fingerprint density at radius 3 is 1.87 bits per heavy atom. The van der Waals surface area contributed by atoms with Crippen LogP contribution < -0.4 is 5.73 Å². The lowest BCUT2D eigenvalue weighted by Crippen LogP contribution is -1.89. The fraction of sp³-hybridized carbons (Fsp3) is 0.364. The van der Waals surface area contributed by atoms with E-state index in [0.29, 0.717) is 0 Å². The molecule has 0 heterocycles. The van der Waals surface area contributed by atoms with E-state index < -0.39 is 11.6 Å². The monoisotopic (exact) mass is 217 g/mol. The molecule has 2 N–H and O–H groups in total. The highest BCUT2D eigenvalue weighted by atomic mass is 19.1. The number of benzene rings is 1. The minimum atomic E-state index is -0.713. The summed E-state index contributed by atoms with van der Waals surface area (Å²) in [6.07, 6.45) is 0. The van der Waals surface area contributed by atoms with Crippen LogP contribution in [0, 0.1) is 11.6 Å². The second-order valence-corrected chi connectivity index (χ2v) is 2.57. The van der Waals surface area contributed by atoms with E-state index in [4.69, 9.17) is 5.73 Å². The highest BCUT2D eigenvalue weighted by molar-refractivity contribution is 5.72. The molecule has 0 saturated carbocycles. The van der Waals surface area contributed by atoms with Gasteiger partial charge < -0.3 is 10.5 Å². The second kappa shape index (κ2) is 9.12. The van der Waals surface area contributed by atoms with Crippen molar-refractivity contribution in [2.45, 2.75) is 27.7 Å². The Labute approximate surface area is 89.1 Å². The molecular formula is C11H17F2NO. The van der Waals surface area contributed by atoms with E-state index in [0.717, 1.165) is 12.1 Å². The first-order chi connectivity index (χ1) is 6.93. The first-order valence-corrected chi connectivity index (χ1v) is 4.61. The van der Waals surface area contributed by atoms with Gasteiger partial charge >= 0.3 is 0 Å². The topological polar surface area (TPSA) is 43.1 Å². The Morgan fingerprint density at radius 2 is 1.60 bits per heavy atom. The molecule has 0 aromatic heterocycles. The van der Waals surface area contributed by atoms with Gasteiger partial charge in [0.1, 0.15) is 17.4 Å². The summed E-state index contributed by atoms with van der Waals surface area (Å²) >= 11 is 0. The van der Waals surface area contributed by atoms with Crippen LogP contribution >= 0.6 is 0 Å². The largest absolute Gasteiger partial charge is 0.396 e. The number of carbonyl (C=O) groups is 1. The van der Waals surface area contributed by atoms with Gasteiger partial charge in [0.15, 0.2) is 0 Å². The second-order valence-electron chi connectivity index (χ2n) is 2.57. The fourth-order valence-corrected chi connectivity index (χ4v) is 0.502. The maximum absolute atomic E-state index is 12.2.